The molecule has 0 aromatic heterocycles. The predicted octanol–water partition coefficient (Wildman–Crippen LogP) is 2.42. The summed E-state index contributed by atoms with van der Waals surface area (Å²) in [6, 6.07) is 8.47. The first-order chi connectivity index (χ1) is 10.2. The number of nitrogens with one attached hydrogen (secondary N) is 1. The summed E-state index contributed by atoms with van der Waals surface area (Å²) in [5.41, 5.74) is 2.11. The summed E-state index contributed by atoms with van der Waals surface area (Å²) >= 11 is 0. The Bertz CT molecular complexity index is 462. The SMILES string of the molecule is CCc1cccc(NC(=O)CN2CCCC2CCCO)c1. The van der Waals surface area contributed by atoms with Crippen LogP contribution in [0.2, 0.25) is 0 Å². The number of aryl methyl sites for hydroxylation is 1. The van der Waals surface area contributed by atoms with Crippen molar-refractivity contribution in [1.29, 1.82) is 0 Å². The maximum atomic E-state index is 12.2. The standard InChI is InChI=1S/C17H26N2O2/c1-2-14-6-3-7-15(12-14)18-17(21)13-19-10-4-8-16(19)9-5-11-20/h3,6-7,12,16,20H,2,4-5,8-11,13H2,1H3,(H,18,21). The van der Waals surface area contributed by atoms with Crippen molar-refractivity contribution in [2.24, 2.45) is 0 Å². The summed E-state index contributed by atoms with van der Waals surface area (Å²) in [6.07, 6.45) is 5.06. The number of hydrogen-bond acceptors (Lipinski definition) is 3. The van der Waals surface area contributed by atoms with Crippen molar-refractivity contribution < 1.29 is 9.90 Å². The number of amides is 1. The molecule has 1 amide bonds. The van der Waals surface area contributed by atoms with Crippen LogP contribution in [0.3, 0.4) is 0 Å². The van der Waals surface area contributed by atoms with Crippen LogP contribution in [-0.4, -0.2) is 41.7 Å². The second-order valence-corrected chi connectivity index (χ2v) is 5.73. The molecule has 116 valence electrons. The van der Waals surface area contributed by atoms with Gasteiger partial charge in [-0.1, -0.05) is 19.1 Å². The van der Waals surface area contributed by atoms with E-state index in [1.54, 1.807) is 0 Å². The third-order valence-corrected chi connectivity index (χ3v) is 4.16. The van der Waals surface area contributed by atoms with Crippen LogP contribution in [0.5, 0.6) is 0 Å². The molecule has 1 aliphatic heterocycles. The maximum absolute atomic E-state index is 12.2. The highest BCUT2D eigenvalue weighted by Crippen LogP contribution is 2.21. The fourth-order valence-electron chi connectivity index (χ4n) is 3.01. The molecule has 0 saturated carbocycles. The summed E-state index contributed by atoms with van der Waals surface area (Å²) in [6.45, 7) is 3.78. The summed E-state index contributed by atoms with van der Waals surface area (Å²) < 4.78 is 0. The molecule has 4 nitrogen and oxygen atoms in total. The smallest absolute Gasteiger partial charge is 0.238 e. The number of rotatable bonds is 7. The first-order valence-corrected chi connectivity index (χ1v) is 7.96. The number of benzene rings is 1. The Hall–Kier alpha value is -1.39. The normalized spacial score (nSPS) is 18.9. The molecule has 2 N–H and O–H groups in total. The molecule has 21 heavy (non-hydrogen) atoms. The van der Waals surface area contributed by atoms with E-state index in [1.807, 2.05) is 18.2 Å². The van der Waals surface area contributed by atoms with Crippen LogP contribution in [0, 0.1) is 0 Å². The van der Waals surface area contributed by atoms with Crippen LogP contribution in [0.25, 0.3) is 0 Å². The highest BCUT2D eigenvalue weighted by Gasteiger charge is 2.25. The number of likely N-dealkylation sites (tertiary alicyclic amines) is 1. The van der Waals surface area contributed by atoms with E-state index in [1.165, 1.54) is 5.56 Å². The molecule has 1 aromatic rings. The van der Waals surface area contributed by atoms with Gasteiger partial charge in [-0.25, -0.2) is 0 Å². The Kier molecular flexibility index (Phi) is 6.21. The lowest BCUT2D eigenvalue weighted by molar-refractivity contribution is -0.117. The Morgan fingerprint density at radius 2 is 2.33 bits per heavy atom. The fraction of sp³-hybridized carbons (Fsp3) is 0.588. The van der Waals surface area contributed by atoms with E-state index in [0.29, 0.717) is 12.6 Å². The number of hydrogen-bond donors (Lipinski definition) is 2. The van der Waals surface area contributed by atoms with Gasteiger partial charge >= 0.3 is 0 Å². The molecule has 1 heterocycles. The Balaban J connectivity index is 1.85. The highest BCUT2D eigenvalue weighted by molar-refractivity contribution is 5.92. The summed E-state index contributed by atoms with van der Waals surface area (Å²) in [5.74, 6) is 0.0548. The Morgan fingerprint density at radius 3 is 3.10 bits per heavy atom. The van der Waals surface area contributed by atoms with Gasteiger partial charge in [0.15, 0.2) is 0 Å². The third kappa shape index (κ3) is 4.83. The zero-order valence-corrected chi connectivity index (χ0v) is 12.8. The molecular formula is C17H26N2O2. The van der Waals surface area contributed by atoms with Crippen LogP contribution in [0.4, 0.5) is 5.69 Å². The average molecular weight is 290 g/mol. The molecule has 1 aliphatic rings. The van der Waals surface area contributed by atoms with Gasteiger partial charge in [0.25, 0.3) is 0 Å². The van der Waals surface area contributed by atoms with Gasteiger partial charge in [0.2, 0.25) is 5.91 Å². The molecule has 4 heteroatoms. The molecule has 0 radical (unpaired) electrons. The van der Waals surface area contributed by atoms with E-state index >= 15 is 0 Å². The lowest BCUT2D eigenvalue weighted by Gasteiger charge is -2.23. The van der Waals surface area contributed by atoms with E-state index in [9.17, 15) is 4.79 Å². The molecular weight excluding hydrogens is 264 g/mol. The second kappa shape index (κ2) is 8.15. The first-order valence-electron chi connectivity index (χ1n) is 7.96. The summed E-state index contributed by atoms with van der Waals surface area (Å²) in [5, 5.41) is 11.9. The minimum Gasteiger partial charge on any atom is -0.396 e. The first kappa shape index (κ1) is 16.0. The van der Waals surface area contributed by atoms with E-state index in [-0.39, 0.29) is 12.5 Å². The Labute approximate surface area is 127 Å². The summed E-state index contributed by atoms with van der Waals surface area (Å²) in [4.78, 5) is 14.4. The van der Waals surface area contributed by atoms with Gasteiger partial charge in [-0.3, -0.25) is 9.69 Å². The minimum atomic E-state index is 0.0548. The van der Waals surface area contributed by atoms with E-state index in [0.717, 1.165) is 44.3 Å². The monoisotopic (exact) mass is 290 g/mol. The summed E-state index contributed by atoms with van der Waals surface area (Å²) in [7, 11) is 0. The van der Waals surface area contributed by atoms with E-state index in [2.05, 4.69) is 23.2 Å². The average Bonchev–Trinajstić information content (AvgIpc) is 2.92. The lowest BCUT2D eigenvalue weighted by Crippen LogP contribution is -2.36. The molecule has 1 aromatic carbocycles. The van der Waals surface area contributed by atoms with E-state index < -0.39 is 0 Å². The number of carbonyl (C=O) groups excluding carboxylic acids is 1. The van der Waals surface area contributed by atoms with Crippen molar-refractivity contribution in [3.8, 4) is 0 Å². The Morgan fingerprint density at radius 1 is 1.48 bits per heavy atom. The topological polar surface area (TPSA) is 52.6 Å². The molecule has 0 aliphatic carbocycles. The highest BCUT2D eigenvalue weighted by atomic mass is 16.3. The van der Waals surface area contributed by atoms with Crippen molar-refractivity contribution in [1.82, 2.24) is 4.90 Å². The van der Waals surface area contributed by atoms with Crippen LogP contribution in [0.1, 0.15) is 38.2 Å². The molecule has 0 bridgehead atoms. The fourth-order valence-corrected chi connectivity index (χ4v) is 3.01. The van der Waals surface area contributed by atoms with Gasteiger partial charge in [0, 0.05) is 18.3 Å². The molecule has 1 atom stereocenters. The second-order valence-electron chi connectivity index (χ2n) is 5.73. The number of aliphatic hydroxyl groups is 1. The molecule has 1 fully saturated rings. The predicted molar refractivity (Wildman–Crippen MR) is 85.4 cm³/mol. The quantitative estimate of drug-likeness (QED) is 0.811. The molecule has 1 unspecified atom stereocenters. The van der Waals surface area contributed by atoms with Crippen molar-refractivity contribution in [3.63, 3.8) is 0 Å². The van der Waals surface area contributed by atoms with Crippen LogP contribution in [-0.2, 0) is 11.2 Å². The van der Waals surface area contributed by atoms with Gasteiger partial charge in [-0.05, 0) is 56.3 Å². The van der Waals surface area contributed by atoms with Crippen molar-refractivity contribution >= 4 is 11.6 Å². The van der Waals surface area contributed by atoms with Crippen molar-refractivity contribution in [2.45, 2.75) is 45.1 Å². The third-order valence-electron chi connectivity index (χ3n) is 4.16. The van der Waals surface area contributed by atoms with Gasteiger partial charge in [-0.2, -0.15) is 0 Å². The number of aliphatic hydroxyl groups excluding tert-OH is 1. The van der Waals surface area contributed by atoms with Crippen molar-refractivity contribution in [3.05, 3.63) is 29.8 Å². The zero-order valence-electron chi connectivity index (χ0n) is 12.8. The van der Waals surface area contributed by atoms with Crippen LogP contribution < -0.4 is 5.32 Å². The van der Waals surface area contributed by atoms with Crippen LogP contribution in [0.15, 0.2) is 24.3 Å². The molecule has 1 saturated heterocycles. The minimum absolute atomic E-state index is 0.0548. The number of anilines is 1. The number of nitrogens with zero attached hydrogens (tertiary/aromatic N) is 1. The zero-order chi connectivity index (χ0) is 15.1. The van der Waals surface area contributed by atoms with Gasteiger partial charge in [0.1, 0.15) is 0 Å². The van der Waals surface area contributed by atoms with Crippen molar-refractivity contribution in [2.75, 3.05) is 25.0 Å². The molecule has 2 rings (SSSR count). The largest absolute Gasteiger partial charge is 0.396 e. The maximum Gasteiger partial charge on any atom is 0.238 e. The van der Waals surface area contributed by atoms with E-state index in [4.69, 9.17) is 5.11 Å². The van der Waals surface area contributed by atoms with Gasteiger partial charge in [-0.15, -0.1) is 0 Å². The lowest BCUT2D eigenvalue weighted by atomic mass is 10.1. The van der Waals surface area contributed by atoms with Gasteiger partial charge in [0.05, 0.1) is 6.54 Å². The van der Waals surface area contributed by atoms with Crippen LogP contribution >= 0.6 is 0 Å². The molecule has 0 spiro atoms. The van der Waals surface area contributed by atoms with Gasteiger partial charge < -0.3 is 10.4 Å². The number of carbonyl (C=O) groups is 1.